The van der Waals surface area contributed by atoms with Crippen molar-refractivity contribution in [3.05, 3.63) is 21.9 Å². The fourth-order valence-electron chi connectivity index (χ4n) is 1.92. The van der Waals surface area contributed by atoms with Crippen LogP contribution in [0.15, 0.2) is 12.1 Å². The van der Waals surface area contributed by atoms with E-state index in [4.69, 9.17) is 4.74 Å². The average molecular weight is 360 g/mol. The number of alkyl halides is 1. The monoisotopic (exact) mass is 359 g/mol. The highest BCUT2D eigenvalue weighted by Crippen LogP contribution is 2.33. The highest BCUT2D eigenvalue weighted by molar-refractivity contribution is 9.09. The van der Waals surface area contributed by atoms with Crippen molar-refractivity contribution >= 4 is 39.1 Å². The fraction of sp³-hybridized carbons (Fsp3) is 0.571. The van der Waals surface area contributed by atoms with Crippen molar-refractivity contribution in [2.45, 2.75) is 32.3 Å². The number of Topliss-reactive ketones (excluding diaryl/α,β-unsaturated/α-hetero) is 1. The zero-order chi connectivity index (χ0) is 14.9. The number of ketones is 1. The molecule has 0 spiro atoms. The highest BCUT2D eigenvalue weighted by Gasteiger charge is 2.35. The molecule has 1 saturated heterocycles. The van der Waals surface area contributed by atoms with Crippen LogP contribution in [0.5, 0.6) is 0 Å². The van der Waals surface area contributed by atoms with Crippen molar-refractivity contribution in [3.63, 3.8) is 0 Å². The van der Waals surface area contributed by atoms with Crippen LogP contribution >= 0.6 is 27.3 Å². The molecule has 1 amide bonds. The molecule has 0 unspecified atom stereocenters. The summed E-state index contributed by atoms with van der Waals surface area (Å²) in [6, 6.07) is 3.84. The van der Waals surface area contributed by atoms with Crippen LogP contribution in [-0.4, -0.2) is 40.8 Å². The van der Waals surface area contributed by atoms with Gasteiger partial charge in [0.05, 0.1) is 10.2 Å². The lowest BCUT2D eigenvalue weighted by Crippen LogP contribution is -2.50. The molecule has 0 bridgehead atoms. The molecule has 1 aromatic heterocycles. The van der Waals surface area contributed by atoms with Gasteiger partial charge in [-0.3, -0.25) is 4.79 Å². The Hall–Kier alpha value is -0.880. The van der Waals surface area contributed by atoms with E-state index in [-0.39, 0.29) is 11.9 Å². The minimum Gasteiger partial charge on any atom is -0.444 e. The van der Waals surface area contributed by atoms with E-state index >= 15 is 0 Å². The van der Waals surface area contributed by atoms with Gasteiger partial charge in [0, 0.05) is 23.9 Å². The van der Waals surface area contributed by atoms with Gasteiger partial charge < -0.3 is 9.64 Å². The van der Waals surface area contributed by atoms with Gasteiger partial charge in [-0.2, -0.15) is 0 Å². The molecule has 4 nitrogen and oxygen atoms in total. The first-order valence-corrected chi connectivity index (χ1v) is 8.41. The summed E-state index contributed by atoms with van der Waals surface area (Å²) in [4.78, 5) is 27.0. The second kappa shape index (κ2) is 5.85. The number of halogens is 1. The molecule has 110 valence electrons. The smallest absolute Gasteiger partial charge is 0.410 e. The Bertz CT molecular complexity index is 515. The molecule has 0 saturated carbocycles. The molecule has 20 heavy (non-hydrogen) atoms. The molecule has 2 rings (SSSR count). The predicted octanol–water partition coefficient (Wildman–Crippen LogP) is 3.66. The third-order valence-corrected chi connectivity index (χ3v) is 4.76. The molecule has 0 radical (unpaired) electrons. The van der Waals surface area contributed by atoms with E-state index in [1.54, 1.807) is 4.90 Å². The second-order valence-electron chi connectivity index (χ2n) is 5.84. The number of likely N-dealkylation sites (tertiary alicyclic amines) is 1. The zero-order valence-corrected chi connectivity index (χ0v) is 14.2. The van der Waals surface area contributed by atoms with Gasteiger partial charge in [0.25, 0.3) is 0 Å². The number of nitrogens with zero attached hydrogens (tertiary/aromatic N) is 1. The van der Waals surface area contributed by atoms with Gasteiger partial charge in [0.15, 0.2) is 5.78 Å². The van der Waals surface area contributed by atoms with Gasteiger partial charge in [-0.1, -0.05) is 15.9 Å². The molecule has 0 aliphatic carbocycles. The molecular weight excluding hydrogens is 342 g/mol. The Morgan fingerprint density at radius 1 is 1.40 bits per heavy atom. The minimum absolute atomic E-state index is 0.101. The summed E-state index contributed by atoms with van der Waals surface area (Å²) in [6.07, 6.45) is -0.262. The van der Waals surface area contributed by atoms with Gasteiger partial charge in [0.2, 0.25) is 0 Å². The molecule has 1 fully saturated rings. The van der Waals surface area contributed by atoms with Gasteiger partial charge >= 0.3 is 6.09 Å². The first kappa shape index (κ1) is 15.5. The minimum atomic E-state index is -0.458. The van der Waals surface area contributed by atoms with Gasteiger partial charge in [-0.15, -0.1) is 11.3 Å². The molecule has 1 aromatic rings. The molecular formula is C14H18BrNO3S. The van der Waals surface area contributed by atoms with Gasteiger partial charge in [-0.05, 0) is 32.9 Å². The molecule has 1 aliphatic heterocycles. The SMILES string of the molecule is CC(C)(C)OC(=O)N1CC(c2ccc(C(=O)CBr)s2)C1. The van der Waals surface area contributed by atoms with E-state index in [2.05, 4.69) is 15.9 Å². The third kappa shape index (κ3) is 3.61. The average Bonchev–Trinajstić information content (AvgIpc) is 2.72. The van der Waals surface area contributed by atoms with Crippen molar-refractivity contribution in [1.82, 2.24) is 4.90 Å². The van der Waals surface area contributed by atoms with Crippen LogP contribution < -0.4 is 0 Å². The summed E-state index contributed by atoms with van der Waals surface area (Å²) < 4.78 is 5.32. The number of hydrogen-bond donors (Lipinski definition) is 0. The van der Waals surface area contributed by atoms with Crippen LogP contribution in [0.2, 0.25) is 0 Å². The standard InChI is InChI=1S/C14H18BrNO3S/c1-14(2,3)19-13(18)16-7-9(8-16)11-4-5-12(20-11)10(17)6-15/h4-5,9H,6-8H2,1-3H3. The summed E-state index contributed by atoms with van der Waals surface area (Å²) in [5.74, 6) is 0.425. The quantitative estimate of drug-likeness (QED) is 0.611. The van der Waals surface area contributed by atoms with E-state index < -0.39 is 5.60 Å². The predicted molar refractivity (Wildman–Crippen MR) is 83.0 cm³/mol. The van der Waals surface area contributed by atoms with E-state index in [0.29, 0.717) is 24.3 Å². The van der Waals surface area contributed by atoms with E-state index in [1.165, 1.54) is 11.3 Å². The van der Waals surface area contributed by atoms with Crippen molar-refractivity contribution in [3.8, 4) is 0 Å². The van der Waals surface area contributed by atoms with Crippen molar-refractivity contribution in [1.29, 1.82) is 0 Å². The normalized spacial score (nSPS) is 15.9. The maximum atomic E-state index is 11.8. The Morgan fingerprint density at radius 3 is 2.60 bits per heavy atom. The second-order valence-corrected chi connectivity index (χ2v) is 7.52. The summed E-state index contributed by atoms with van der Waals surface area (Å²) in [7, 11) is 0. The van der Waals surface area contributed by atoms with Crippen LogP contribution in [0.1, 0.15) is 41.2 Å². The van der Waals surface area contributed by atoms with Crippen molar-refractivity contribution < 1.29 is 14.3 Å². The number of thiophene rings is 1. The Labute approximate surface area is 131 Å². The molecule has 0 aromatic carbocycles. The first-order valence-electron chi connectivity index (χ1n) is 6.47. The summed E-state index contributed by atoms with van der Waals surface area (Å²) in [6.45, 7) is 6.91. The van der Waals surface area contributed by atoms with Crippen molar-refractivity contribution in [2.75, 3.05) is 18.4 Å². The Balaban J connectivity index is 1.89. The van der Waals surface area contributed by atoms with Gasteiger partial charge in [0.1, 0.15) is 5.60 Å². The molecule has 2 heterocycles. The fourth-order valence-corrected chi connectivity index (χ4v) is 3.44. The van der Waals surface area contributed by atoms with Crippen LogP contribution in [0.3, 0.4) is 0 Å². The summed E-state index contributed by atoms with van der Waals surface area (Å²) in [5.41, 5.74) is -0.458. The third-order valence-electron chi connectivity index (χ3n) is 2.96. The lowest BCUT2D eigenvalue weighted by atomic mass is 9.99. The van der Waals surface area contributed by atoms with Crippen LogP contribution in [0, 0.1) is 0 Å². The number of carbonyl (C=O) groups excluding carboxylic acids is 2. The largest absolute Gasteiger partial charge is 0.444 e. The maximum Gasteiger partial charge on any atom is 0.410 e. The van der Waals surface area contributed by atoms with Crippen LogP contribution in [0.25, 0.3) is 0 Å². The van der Waals surface area contributed by atoms with E-state index in [0.717, 1.165) is 9.75 Å². The van der Waals surface area contributed by atoms with E-state index in [9.17, 15) is 9.59 Å². The maximum absolute atomic E-state index is 11.8. The molecule has 6 heteroatoms. The molecule has 0 N–H and O–H groups in total. The Kier molecular flexibility index (Phi) is 4.54. The highest BCUT2D eigenvalue weighted by atomic mass is 79.9. The lowest BCUT2D eigenvalue weighted by Gasteiger charge is -2.39. The summed E-state index contributed by atoms with van der Waals surface area (Å²) in [5, 5.41) is 0.349. The number of amides is 1. The number of ether oxygens (including phenoxy) is 1. The number of hydrogen-bond acceptors (Lipinski definition) is 4. The zero-order valence-electron chi connectivity index (χ0n) is 11.8. The number of rotatable bonds is 3. The number of carbonyl (C=O) groups is 2. The first-order chi connectivity index (χ1) is 9.30. The molecule has 0 atom stereocenters. The topological polar surface area (TPSA) is 46.6 Å². The Morgan fingerprint density at radius 2 is 2.05 bits per heavy atom. The van der Waals surface area contributed by atoms with Gasteiger partial charge in [-0.25, -0.2) is 4.79 Å². The van der Waals surface area contributed by atoms with Crippen molar-refractivity contribution in [2.24, 2.45) is 0 Å². The summed E-state index contributed by atoms with van der Waals surface area (Å²) >= 11 is 4.69. The van der Waals surface area contributed by atoms with E-state index in [1.807, 2.05) is 32.9 Å². The lowest BCUT2D eigenvalue weighted by molar-refractivity contribution is 0.00845. The molecule has 1 aliphatic rings. The van der Waals surface area contributed by atoms with Crippen LogP contribution in [-0.2, 0) is 4.74 Å². The van der Waals surface area contributed by atoms with Crippen LogP contribution in [0.4, 0.5) is 4.79 Å².